The summed E-state index contributed by atoms with van der Waals surface area (Å²) in [6.45, 7) is 3.28. The Morgan fingerprint density at radius 1 is 1.10 bits per heavy atom. The summed E-state index contributed by atoms with van der Waals surface area (Å²) in [5.74, 6) is -1.86. The van der Waals surface area contributed by atoms with Crippen molar-refractivity contribution in [2.75, 3.05) is 6.61 Å². The smallest absolute Gasteiger partial charge is 0.303 e. The van der Waals surface area contributed by atoms with E-state index in [0.717, 1.165) is 13.8 Å². The summed E-state index contributed by atoms with van der Waals surface area (Å²) < 4.78 is 20.1. The number of hydrogen-bond donors (Lipinski definition) is 0. The maximum Gasteiger partial charge on any atom is 0.303 e. The monoisotopic (exact) mass is 301 g/mol. The molecule has 0 bridgehead atoms. The number of carbonyl (C=O) groups excluding carboxylic acids is 3. The van der Waals surface area contributed by atoms with E-state index in [-0.39, 0.29) is 6.61 Å². The number of rotatable bonds is 5. The van der Waals surface area contributed by atoms with Crippen molar-refractivity contribution >= 4 is 17.9 Å². The molecule has 4 atom stereocenters. The Morgan fingerprint density at radius 2 is 1.67 bits per heavy atom. The van der Waals surface area contributed by atoms with Crippen LogP contribution in [0, 0.1) is 0 Å². The van der Waals surface area contributed by atoms with E-state index >= 15 is 0 Å². The largest absolute Gasteiger partial charge is 0.463 e. The summed E-state index contributed by atoms with van der Waals surface area (Å²) >= 11 is 0. The van der Waals surface area contributed by atoms with Gasteiger partial charge in [-0.3, -0.25) is 14.4 Å². The third-order valence-corrected chi connectivity index (χ3v) is 2.51. The fourth-order valence-corrected chi connectivity index (χ4v) is 1.84. The Kier molecular flexibility index (Phi) is 5.94. The number of hydrogen-bond acceptors (Lipinski definition) is 8. The molecule has 1 saturated heterocycles. The zero-order valence-corrected chi connectivity index (χ0v) is 11.7. The number of carbonyl (C=O) groups is 3. The van der Waals surface area contributed by atoms with Crippen molar-refractivity contribution in [2.24, 2.45) is 5.11 Å². The molecule has 0 aliphatic carbocycles. The Labute approximate surface area is 119 Å². The first-order valence-corrected chi connectivity index (χ1v) is 6.02. The van der Waals surface area contributed by atoms with Crippen LogP contribution in [0.5, 0.6) is 0 Å². The van der Waals surface area contributed by atoms with Crippen molar-refractivity contribution in [2.45, 2.75) is 45.3 Å². The van der Waals surface area contributed by atoms with Crippen molar-refractivity contribution in [3.8, 4) is 0 Å². The zero-order chi connectivity index (χ0) is 16.0. The van der Waals surface area contributed by atoms with E-state index in [2.05, 4.69) is 10.0 Å². The van der Waals surface area contributed by atoms with E-state index in [4.69, 9.17) is 24.5 Å². The van der Waals surface area contributed by atoms with Crippen LogP contribution in [0.25, 0.3) is 10.4 Å². The van der Waals surface area contributed by atoms with Crippen LogP contribution in [0.4, 0.5) is 0 Å². The minimum Gasteiger partial charge on any atom is -0.463 e. The molecular weight excluding hydrogens is 286 g/mol. The lowest BCUT2D eigenvalue weighted by atomic mass is 10.1. The molecule has 0 aromatic carbocycles. The first-order chi connectivity index (χ1) is 9.85. The zero-order valence-electron chi connectivity index (χ0n) is 11.7. The summed E-state index contributed by atoms with van der Waals surface area (Å²) in [5.41, 5.74) is 8.50. The van der Waals surface area contributed by atoms with Gasteiger partial charge in [-0.2, -0.15) is 0 Å². The molecule has 1 aliphatic rings. The Morgan fingerprint density at radius 3 is 2.14 bits per heavy atom. The molecule has 0 radical (unpaired) electrons. The van der Waals surface area contributed by atoms with E-state index < -0.39 is 42.4 Å². The first-order valence-electron chi connectivity index (χ1n) is 6.02. The van der Waals surface area contributed by atoms with Gasteiger partial charge in [0.2, 0.25) is 0 Å². The van der Waals surface area contributed by atoms with Gasteiger partial charge in [-0.05, 0) is 5.53 Å². The molecule has 10 nitrogen and oxygen atoms in total. The molecule has 21 heavy (non-hydrogen) atoms. The lowest BCUT2D eigenvalue weighted by Crippen LogP contribution is -2.40. The van der Waals surface area contributed by atoms with Gasteiger partial charge >= 0.3 is 17.9 Å². The normalized spacial score (nSPS) is 27.4. The van der Waals surface area contributed by atoms with Crippen LogP contribution >= 0.6 is 0 Å². The van der Waals surface area contributed by atoms with Crippen LogP contribution in [0.15, 0.2) is 5.11 Å². The van der Waals surface area contributed by atoms with Crippen LogP contribution in [-0.2, 0) is 33.3 Å². The van der Waals surface area contributed by atoms with Gasteiger partial charge in [-0.15, -0.1) is 0 Å². The van der Waals surface area contributed by atoms with Gasteiger partial charge in [0.25, 0.3) is 0 Å². The highest BCUT2D eigenvalue weighted by Crippen LogP contribution is 2.28. The van der Waals surface area contributed by atoms with E-state index in [1.54, 1.807) is 0 Å². The Balaban J connectivity index is 2.95. The molecule has 0 amide bonds. The van der Waals surface area contributed by atoms with Gasteiger partial charge in [0, 0.05) is 25.7 Å². The molecular formula is C11H15N3O7. The van der Waals surface area contributed by atoms with Crippen molar-refractivity contribution in [3.05, 3.63) is 10.4 Å². The second-order valence-electron chi connectivity index (χ2n) is 4.22. The average Bonchev–Trinajstić information content (AvgIpc) is 2.65. The molecule has 1 unspecified atom stereocenters. The molecule has 116 valence electrons. The predicted molar refractivity (Wildman–Crippen MR) is 65.5 cm³/mol. The van der Waals surface area contributed by atoms with Crippen molar-refractivity contribution in [1.29, 1.82) is 0 Å². The SMILES string of the molecule is CC(=O)OC[C@H]1O[C@@H](N=[N+]=[N-])C(OC(C)=O)[C@H]1OC(C)=O. The maximum atomic E-state index is 11.1. The van der Waals surface area contributed by atoms with Crippen molar-refractivity contribution in [3.63, 3.8) is 0 Å². The minimum absolute atomic E-state index is 0.234. The van der Waals surface area contributed by atoms with Crippen LogP contribution in [0.1, 0.15) is 20.8 Å². The second kappa shape index (κ2) is 7.46. The van der Waals surface area contributed by atoms with Gasteiger partial charge in [-0.25, -0.2) is 0 Å². The molecule has 0 aromatic rings. The third-order valence-electron chi connectivity index (χ3n) is 2.51. The highest BCUT2D eigenvalue weighted by atomic mass is 16.7. The molecule has 0 N–H and O–H groups in total. The van der Waals surface area contributed by atoms with Gasteiger partial charge in [0.1, 0.15) is 12.7 Å². The second-order valence-corrected chi connectivity index (χ2v) is 4.22. The molecule has 0 spiro atoms. The van der Waals surface area contributed by atoms with Crippen LogP contribution in [-0.4, -0.2) is 49.1 Å². The highest BCUT2D eigenvalue weighted by Gasteiger charge is 2.49. The standard InChI is InChI=1S/C11H15N3O7/c1-5(15)18-4-8-9(19-6(2)16)10(20-7(3)17)11(21-8)13-14-12/h8-11H,4H2,1-3H3/t8-,9+,10?,11-/m1/s1. The lowest BCUT2D eigenvalue weighted by Gasteiger charge is -2.22. The number of nitrogens with zero attached hydrogens (tertiary/aromatic N) is 3. The predicted octanol–water partition coefficient (Wildman–Crippen LogP) is 0.448. The van der Waals surface area contributed by atoms with E-state index in [0.29, 0.717) is 0 Å². The third kappa shape index (κ3) is 4.93. The van der Waals surface area contributed by atoms with Gasteiger partial charge in [-0.1, -0.05) is 5.11 Å². The van der Waals surface area contributed by atoms with Gasteiger partial charge in [0.05, 0.1) is 0 Å². The fraction of sp³-hybridized carbons (Fsp3) is 0.727. The summed E-state index contributed by atoms with van der Waals surface area (Å²) in [4.78, 5) is 35.7. The van der Waals surface area contributed by atoms with Gasteiger partial charge in [0.15, 0.2) is 18.4 Å². The molecule has 1 heterocycles. The average molecular weight is 301 g/mol. The van der Waals surface area contributed by atoms with Crippen LogP contribution in [0.3, 0.4) is 0 Å². The Hall–Kier alpha value is -2.32. The fourth-order valence-electron chi connectivity index (χ4n) is 1.84. The molecule has 0 aromatic heterocycles. The van der Waals surface area contributed by atoms with E-state index in [1.165, 1.54) is 6.92 Å². The number of azide groups is 1. The Bertz CT molecular complexity index is 474. The summed E-state index contributed by atoms with van der Waals surface area (Å²) in [5, 5.41) is 3.34. The molecule has 10 heteroatoms. The quantitative estimate of drug-likeness (QED) is 0.236. The summed E-state index contributed by atoms with van der Waals surface area (Å²) in [7, 11) is 0. The summed E-state index contributed by atoms with van der Waals surface area (Å²) in [6.07, 6.45) is -4.23. The maximum absolute atomic E-state index is 11.1. The molecule has 1 rings (SSSR count). The first kappa shape index (κ1) is 16.7. The highest BCUT2D eigenvalue weighted by molar-refractivity contribution is 5.68. The lowest BCUT2D eigenvalue weighted by molar-refractivity contribution is -0.165. The number of ether oxygens (including phenoxy) is 4. The molecule has 1 aliphatic heterocycles. The topological polar surface area (TPSA) is 137 Å². The van der Waals surface area contributed by atoms with Crippen molar-refractivity contribution in [1.82, 2.24) is 0 Å². The van der Waals surface area contributed by atoms with Crippen molar-refractivity contribution < 1.29 is 33.3 Å². The van der Waals surface area contributed by atoms with Crippen LogP contribution < -0.4 is 0 Å². The minimum atomic E-state index is -1.18. The van der Waals surface area contributed by atoms with E-state index in [1.807, 2.05) is 0 Å². The van der Waals surface area contributed by atoms with Gasteiger partial charge < -0.3 is 18.9 Å². The number of esters is 3. The summed E-state index contributed by atoms with van der Waals surface area (Å²) in [6, 6.07) is 0. The molecule has 0 saturated carbocycles. The van der Waals surface area contributed by atoms with Crippen LogP contribution in [0.2, 0.25) is 0 Å². The molecule has 1 fully saturated rings. The van der Waals surface area contributed by atoms with E-state index in [9.17, 15) is 14.4 Å².